The molecule has 0 aromatic carbocycles. The molecule has 0 aromatic heterocycles. The monoisotopic (exact) mass is 206 g/mol. The van der Waals surface area contributed by atoms with Crippen LogP contribution in [0.5, 0.6) is 0 Å². The third-order valence-electron chi connectivity index (χ3n) is 1.11. The average molecular weight is 206 g/mol. The Labute approximate surface area is 78.8 Å². The highest BCUT2D eigenvalue weighted by atomic mass is 16.4. The van der Waals surface area contributed by atoms with Gasteiger partial charge in [-0.2, -0.15) is 0 Å². The normalized spacial score (nSPS) is 8.71. The molecule has 0 bridgehead atoms. The van der Waals surface area contributed by atoms with Crippen molar-refractivity contribution >= 4 is 18.2 Å². The summed E-state index contributed by atoms with van der Waals surface area (Å²) in [5.74, 6) is 0. The highest BCUT2D eigenvalue weighted by Gasteiger charge is 2.12. The zero-order valence-electron chi connectivity index (χ0n) is 7.51. The topological polar surface area (TPSA) is 122 Å². The van der Waals surface area contributed by atoms with Crippen LogP contribution in [-0.4, -0.2) is 52.5 Å². The maximum absolute atomic E-state index is 10.8. The minimum Gasteiger partial charge on any atom is -0.464 e. The molecule has 0 saturated heterocycles. The molecule has 14 heavy (non-hydrogen) atoms. The van der Waals surface area contributed by atoms with Crippen molar-refractivity contribution in [2.75, 3.05) is 14.1 Å². The number of carbonyl (C=O) groups excluding carboxylic acids is 1. The summed E-state index contributed by atoms with van der Waals surface area (Å²) in [6.45, 7) is 0. The number of nitrogens with zero attached hydrogens (tertiary/aromatic N) is 2. The Morgan fingerprint density at radius 3 is 1.43 bits per heavy atom. The summed E-state index contributed by atoms with van der Waals surface area (Å²) in [6, 6.07) is -0.972. The van der Waals surface area contributed by atoms with Gasteiger partial charge in [0.1, 0.15) is 0 Å². The molecule has 4 amide bonds. The Morgan fingerprint density at radius 1 is 0.929 bits per heavy atom. The van der Waals surface area contributed by atoms with Crippen LogP contribution in [-0.2, 0) is 0 Å². The number of carboxylic acid groups (broad SMARTS) is 2. The van der Waals surface area contributed by atoms with Gasteiger partial charge in [0, 0.05) is 14.1 Å². The van der Waals surface area contributed by atoms with Crippen molar-refractivity contribution in [3.63, 3.8) is 0 Å². The van der Waals surface area contributed by atoms with Crippen LogP contribution in [0.4, 0.5) is 14.4 Å². The summed E-state index contributed by atoms with van der Waals surface area (Å²) in [5, 5.41) is 17.6. The van der Waals surface area contributed by atoms with E-state index in [-0.39, 0.29) is 0 Å². The van der Waals surface area contributed by atoms with Crippen LogP contribution in [0.1, 0.15) is 0 Å². The summed E-state index contributed by atoms with van der Waals surface area (Å²) in [6.07, 6.45) is -2.75. The maximum atomic E-state index is 10.8. The summed E-state index contributed by atoms with van der Waals surface area (Å²) >= 11 is 0. The second-order valence-corrected chi connectivity index (χ2v) is 2.24. The molecular formula is C5H10N4O5. The molecule has 0 rings (SSSR count). The van der Waals surface area contributed by atoms with Crippen LogP contribution < -0.4 is 10.9 Å². The highest BCUT2D eigenvalue weighted by Crippen LogP contribution is 1.79. The zero-order valence-corrected chi connectivity index (χ0v) is 7.51. The lowest BCUT2D eigenvalue weighted by atomic mass is 10.9. The summed E-state index contributed by atoms with van der Waals surface area (Å²) in [5.41, 5.74) is 3.69. The molecule has 0 aromatic rings. The molecule has 0 unspecified atom stereocenters. The van der Waals surface area contributed by atoms with Gasteiger partial charge in [0.05, 0.1) is 0 Å². The van der Waals surface area contributed by atoms with Crippen LogP contribution in [0.15, 0.2) is 0 Å². The molecule has 9 heteroatoms. The number of rotatable bonds is 0. The minimum atomic E-state index is -1.38. The fourth-order valence-corrected chi connectivity index (χ4v) is 0.425. The number of nitrogens with one attached hydrogen (secondary N) is 2. The van der Waals surface area contributed by atoms with Crippen molar-refractivity contribution in [1.82, 2.24) is 20.9 Å². The van der Waals surface area contributed by atoms with E-state index in [0.717, 1.165) is 14.1 Å². The Morgan fingerprint density at radius 2 is 1.21 bits per heavy atom. The van der Waals surface area contributed by atoms with Crippen LogP contribution in [0.3, 0.4) is 0 Å². The Bertz CT molecular complexity index is 231. The van der Waals surface area contributed by atoms with Gasteiger partial charge in [-0.15, -0.1) is 0 Å². The van der Waals surface area contributed by atoms with Crippen molar-refractivity contribution < 1.29 is 24.6 Å². The second kappa shape index (κ2) is 4.74. The number of hydrogen-bond acceptors (Lipinski definition) is 3. The minimum absolute atomic E-state index is 0.477. The SMILES string of the molecule is CN(NC(=O)NN(C)C(=O)O)C(=O)O. The van der Waals surface area contributed by atoms with Crippen molar-refractivity contribution in [3.05, 3.63) is 0 Å². The fraction of sp³-hybridized carbons (Fsp3) is 0.400. The van der Waals surface area contributed by atoms with Crippen molar-refractivity contribution in [2.24, 2.45) is 0 Å². The van der Waals surface area contributed by atoms with Gasteiger partial charge in [0.15, 0.2) is 0 Å². The summed E-state index contributed by atoms with van der Waals surface area (Å²) in [7, 11) is 2.17. The lowest BCUT2D eigenvalue weighted by molar-refractivity contribution is 0.121. The van der Waals surface area contributed by atoms with E-state index in [1.807, 2.05) is 10.9 Å². The first-order valence-corrected chi connectivity index (χ1v) is 3.35. The van der Waals surface area contributed by atoms with E-state index in [1.54, 1.807) is 0 Å². The molecular weight excluding hydrogens is 196 g/mol. The van der Waals surface area contributed by atoms with Crippen LogP contribution in [0, 0.1) is 0 Å². The van der Waals surface area contributed by atoms with Crippen LogP contribution in [0.25, 0.3) is 0 Å². The predicted octanol–water partition coefficient (Wildman–Crippen LogP) is -0.665. The van der Waals surface area contributed by atoms with E-state index >= 15 is 0 Å². The van der Waals surface area contributed by atoms with Gasteiger partial charge in [-0.05, 0) is 0 Å². The zero-order chi connectivity index (χ0) is 11.3. The molecule has 0 heterocycles. The Kier molecular flexibility index (Phi) is 4.00. The molecule has 0 aliphatic heterocycles. The van der Waals surface area contributed by atoms with Crippen LogP contribution >= 0.6 is 0 Å². The highest BCUT2D eigenvalue weighted by molar-refractivity contribution is 5.78. The molecule has 0 saturated carbocycles. The number of urea groups is 1. The molecule has 0 radical (unpaired) electrons. The van der Waals surface area contributed by atoms with Gasteiger partial charge >= 0.3 is 18.2 Å². The van der Waals surface area contributed by atoms with Gasteiger partial charge < -0.3 is 10.2 Å². The summed E-state index contributed by atoms with van der Waals surface area (Å²) < 4.78 is 0. The van der Waals surface area contributed by atoms with E-state index in [2.05, 4.69) is 0 Å². The van der Waals surface area contributed by atoms with E-state index in [4.69, 9.17) is 10.2 Å². The molecule has 80 valence electrons. The Balaban J connectivity index is 3.99. The molecule has 0 aliphatic carbocycles. The molecule has 0 aliphatic rings. The van der Waals surface area contributed by atoms with E-state index in [0.29, 0.717) is 10.0 Å². The number of hydrazine groups is 2. The van der Waals surface area contributed by atoms with Gasteiger partial charge in [-0.25, -0.2) is 35.3 Å². The molecule has 4 N–H and O–H groups in total. The standard InChI is InChI=1S/C5H10N4O5/c1-8(4(11)12)6-3(10)7-9(2)5(13)14/h1-2H3,(H,11,12)(H,13,14)(H2,6,7,10). The van der Waals surface area contributed by atoms with Gasteiger partial charge in [-0.3, -0.25) is 0 Å². The first-order valence-electron chi connectivity index (χ1n) is 3.35. The first-order chi connectivity index (χ1) is 6.34. The predicted molar refractivity (Wildman–Crippen MR) is 43.2 cm³/mol. The number of hydrogen-bond donors (Lipinski definition) is 4. The maximum Gasteiger partial charge on any atom is 0.425 e. The Hall–Kier alpha value is -2.19. The summed E-state index contributed by atoms with van der Waals surface area (Å²) in [4.78, 5) is 31.3. The third-order valence-corrected chi connectivity index (χ3v) is 1.11. The molecule has 9 nitrogen and oxygen atoms in total. The first kappa shape index (κ1) is 11.8. The van der Waals surface area contributed by atoms with Crippen LogP contribution in [0.2, 0.25) is 0 Å². The van der Waals surface area contributed by atoms with E-state index < -0.39 is 18.2 Å². The lowest BCUT2D eigenvalue weighted by Crippen LogP contribution is -2.53. The van der Waals surface area contributed by atoms with Crippen molar-refractivity contribution in [3.8, 4) is 0 Å². The van der Waals surface area contributed by atoms with E-state index in [1.165, 1.54) is 0 Å². The molecule has 0 atom stereocenters. The quantitative estimate of drug-likeness (QED) is 0.392. The van der Waals surface area contributed by atoms with Gasteiger partial charge in [0.2, 0.25) is 0 Å². The lowest BCUT2D eigenvalue weighted by Gasteiger charge is -2.18. The van der Waals surface area contributed by atoms with Crippen molar-refractivity contribution in [2.45, 2.75) is 0 Å². The smallest absolute Gasteiger partial charge is 0.425 e. The third kappa shape index (κ3) is 3.99. The molecule has 0 fully saturated rings. The number of carbonyl (C=O) groups is 3. The van der Waals surface area contributed by atoms with E-state index in [9.17, 15) is 14.4 Å². The van der Waals surface area contributed by atoms with Gasteiger partial charge in [-0.1, -0.05) is 0 Å². The largest absolute Gasteiger partial charge is 0.464 e. The average Bonchev–Trinajstić information content (AvgIpc) is 2.03. The number of amides is 4. The fourth-order valence-electron chi connectivity index (χ4n) is 0.425. The molecule has 0 spiro atoms. The van der Waals surface area contributed by atoms with Crippen molar-refractivity contribution in [1.29, 1.82) is 0 Å². The van der Waals surface area contributed by atoms with Gasteiger partial charge in [0.25, 0.3) is 0 Å². The second-order valence-electron chi connectivity index (χ2n) is 2.24.